The zero-order valence-corrected chi connectivity index (χ0v) is 15.9. The molecule has 1 aliphatic carbocycles. The van der Waals surface area contributed by atoms with Crippen molar-refractivity contribution in [3.63, 3.8) is 0 Å². The van der Waals surface area contributed by atoms with Crippen molar-refractivity contribution in [2.24, 2.45) is 4.99 Å². The number of pyridine rings is 2. The molecule has 1 fully saturated rings. The molecule has 0 aliphatic heterocycles. The van der Waals surface area contributed by atoms with E-state index in [9.17, 15) is 5.21 Å². The highest BCUT2D eigenvalue weighted by Crippen LogP contribution is 2.28. The summed E-state index contributed by atoms with van der Waals surface area (Å²) < 4.78 is 5.97. The Labute approximate surface area is 164 Å². The van der Waals surface area contributed by atoms with Crippen LogP contribution in [0.3, 0.4) is 0 Å². The molecule has 0 saturated heterocycles. The van der Waals surface area contributed by atoms with E-state index in [2.05, 4.69) is 20.4 Å². The maximum absolute atomic E-state index is 9.51. The average molecular weight is 376 g/mol. The van der Waals surface area contributed by atoms with Gasteiger partial charge in [-0.3, -0.25) is 15.7 Å². The third-order valence-electron chi connectivity index (χ3n) is 5.04. The number of aromatic nitrogens is 2. The fraction of sp³-hybridized carbons (Fsp3) is 0.318. The molecule has 0 spiro atoms. The highest BCUT2D eigenvalue weighted by atomic mass is 16.5. The van der Waals surface area contributed by atoms with E-state index >= 15 is 0 Å². The van der Waals surface area contributed by atoms with Gasteiger partial charge in [-0.05, 0) is 38.0 Å². The Morgan fingerprint density at radius 2 is 1.96 bits per heavy atom. The van der Waals surface area contributed by atoms with Gasteiger partial charge in [-0.2, -0.15) is 0 Å². The fourth-order valence-corrected chi connectivity index (χ4v) is 3.55. The van der Waals surface area contributed by atoms with Crippen LogP contribution in [0.2, 0.25) is 0 Å². The van der Waals surface area contributed by atoms with Gasteiger partial charge in [0.15, 0.2) is 11.6 Å². The molecular formula is C22H24N4O2. The van der Waals surface area contributed by atoms with Gasteiger partial charge in [-0.25, -0.2) is 9.97 Å². The number of aliphatic imine (C=N–C) groups is 1. The molecular weight excluding hydrogens is 352 g/mol. The Hall–Kier alpha value is -2.99. The minimum atomic E-state index is 0.254. The predicted octanol–water partition coefficient (Wildman–Crippen LogP) is 4.79. The summed E-state index contributed by atoms with van der Waals surface area (Å²) in [4.78, 5) is 13.6. The third-order valence-corrected chi connectivity index (χ3v) is 5.04. The molecule has 0 amide bonds. The maximum atomic E-state index is 9.51. The van der Waals surface area contributed by atoms with Crippen molar-refractivity contribution in [3.8, 4) is 11.6 Å². The molecule has 0 radical (unpaired) electrons. The number of para-hydroxylation sites is 1. The van der Waals surface area contributed by atoms with Gasteiger partial charge in [0.25, 0.3) is 0 Å². The first-order valence-electron chi connectivity index (χ1n) is 9.71. The summed E-state index contributed by atoms with van der Waals surface area (Å²) >= 11 is 0. The number of hydroxylamine groups is 1. The van der Waals surface area contributed by atoms with E-state index in [1.807, 2.05) is 43.3 Å². The Morgan fingerprint density at radius 1 is 1.11 bits per heavy atom. The second-order valence-electron chi connectivity index (χ2n) is 7.15. The zero-order chi connectivity index (χ0) is 19.3. The van der Waals surface area contributed by atoms with Crippen LogP contribution in [0.5, 0.6) is 11.6 Å². The fourth-order valence-electron chi connectivity index (χ4n) is 3.55. The first-order valence-corrected chi connectivity index (χ1v) is 9.71. The zero-order valence-electron chi connectivity index (χ0n) is 15.9. The molecule has 28 heavy (non-hydrogen) atoms. The van der Waals surface area contributed by atoms with Crippen LogP contribution >= 0.6 is 0 Å². The van der Waals surface area contributed by atoms with Crippen molar-refractivity contribution in [1.29, 1.82) is 0 Å². The van der Waals surface area contributed by atoms with Gasteiger partial charge in [0, 0.05) is 28.9 Å². The second-order valence-corrected chi connectivity index (χ2v) is 7.15. The lowest BCUT2D eigenvalue weighted by molar-refractivity contribution is 0.233. The van der Waals surface area contributed by atoms with E-state index in [0.717, 1.165) is 35.0 Å². The molecule has 2 heterocycles. The van der Waals surface area contributed by atoms with Gasteiger partial charge in [0.05, 0.1) is 6.04 Å². The van der Waals surface area contributed by atoms with Crippen LogP contribution in [-0.2, 0) is 0 Å². The number of ether oxygens (including phenoxy) is 1. The van der Waals surface area contributed by atoms with Gasteiger partial charge in [-0.15, -0.1) is 0 Å². The molecule has 144 valence electrons. The van der Waals surface area contributed by atoms with E-state index < -0.39 is 0 Å². The average Bonchev–Trinajstić information content (AvgIpc) is 2.74. The van der Waals surface area contributed by atoms with Gasteiger partial charge >= 0.3 is 0 Å². The first kappa shape index (κ1) is 18.4. The molecule has 0 atom stereocenters. The van der Waals surface area contributed by atoms with Crippen molar-refractivity contribution in [1.82, 2.24) is 15.4 Å². The molecule has 1 aliphatic rings. The Morgan fingerprint density at radius 3 is 2.71 bits per heavy atom. The summed E-state index contributed by atoms with van der Waals surface area (Å²) in [6.45, 7) is 1.96. The largest absolute Gasteiger partial charge is 0.437 e. The van der Waals surface area contributed by atoms with Crippen molar-refractivity contribution in [2.75, 3.05) is 0 Å². The molecule has 1 aromatic carbocycles. The lowest BCUT2D eigenvalue weighted by atomic mass is 9.96. The molecule has 2 aromatic heterocycles. The van der Waals surface area contributed by atoms with Crippen molar-refractivity contribution in [3.05, 3.63) is 59.9 Å². The molecule has 6 nitrogen and oxygen atoms in total. The van der Waals surface area contributed by atoms with E-state index in [0.29, 0.717) is 17.5 Å². The predicted molar refractivity (Wildman–Crippen MR) is 109 cm³/mol. The van der Waals surface area contributed by atoms with Crippen LogP contribution in [0.4, 0.5) is 0 Å². The number of hydrogen-bond acceptors (Lipinski definition) is 5. The highest BCUT2D eigenvalue weighted by Gasteiger charge is 2.14. The van der Waals surface area contributed by atoms with Crippen LogP contribution in [0.15, 0.2) is 53.7 Å². The Kier molecular flexibility index (Phi) is 5.48. The highest BCUT2D eigenvalue weighted by molar-refractivity contribution is 5.97. The summed E-state index contributed by atoms with van der Waals surface area (Å²) in [6, 6.07) is 13.7. The molecule has 4 rings (SSSR count). The number of aryl methyl sites for hydroxylation is 1. The lowest BCUT2D eigenvalue weighted by Crippen LogP contribution is -2.24. The number of benzene rings is 1. The minimum Gasteiger partial charge on any atom is -0.437 e. The van der Waals surface area contributed by atoms with E-state index in [-0.39, 0.29) is 6.04 Å². The summed E-state index contributed by atoms with van der Waals surface area (Å²) in [5.74, 6) is 1.58. The smallest absolute Gasteiger partial charge is 0.219 e. The van der Waals surface area contributed by atoms with E-state index in [1.165, 1.54) is 19.3 Å². The summed E-state index contributed by atoms with van der Waals surface area (Å²) in [5, 5.41) is 10.5. The van der Waals surface area contributed by atoms with Crippen LogP contribution in [0.25, 0.3) is 10.9 Å². The normalized spacial score (nSPS) is 15.6. The quantitative estimate of drug-likeness (QED) is 0.389. The standard InChI is InChI=1S/C22H24N4O2/c1-15-10-11-16-6-5-9-19(21(16)24-15)28-20-13-12-17(14-23-20)22(26-27)25-18-7-3-2-4-8-18/h5-6,9-14,18,27H,2-4,7-8H2,1H3,(H,25,26). The SMILES string of the molecule is Cc1ccc2cccc(Oc3ccc(C(=NC4CCCCC4)NO)cn3)c2n1. The van der Waals surface area contributed by atoms with Gasteiger partial charge in [-0.1, -0.05) is 37.5 Å². The Balaban J connectivity index is 1.55. The van der Waals surface area contributed by atoms with Gasteiger partial charge in [0.1, 0.15) is 5.52 Å². The van der Waals surface area contributed by atoms with Crippen LogP contribution < -0.4 is 10.2 Å². The molecule has 1 saturated carbocycles. The number of nitrogens with one attached hydrogen (secondary N) is 1. The Bertz CT molecular complexity index is 979. The number of nitrogens with zero attached hydrogens (tertiary/aromatic N) is 3. The topological polar surface area (TPSA) is 79.6 Å². The van der Waals surface area contributed by atoms with Crippen molar-refractivity contribution >= 4 is 16.7 Å². The monoisotopic (exact) mass is 376 g/mol. The van der Waals surface area contributed by atoms with Crippen LogP contribution in [0.1, 0.15) is 43.4 Å². The number of rotatable bonds is 4. The van der Waals surface area contributed by atoms with Gasteiger partial charge in [0.2, 0.25) is 5.88 Å². The number of fused-ring (bicyclic) bond motifs is 1. The van der Waals surface area contributed by atoms with Gasteiger partial charge < -0.3 is 4.74 Å². The second kappa shape index (κ2) is 8.35. The van der Waals surface area contributed by atoms with Crippen molar-refractivity contribution < 1.29 is 9.94 Å². The van der Waals surface area contributed by atoms with Crippen LogP contribution in [0, 0.1) is 6.92 Å². The molecule has 0 bridgehead atoms. The first-order chi connectivity index (χ1) is 13.7. The van der Waals surface area contributed by atoms with Crippen LogP contribution in [-0.4, -0.2) is 27.1 Å². The third kappa shape index (κ3) is 4.12. The molecule has 6 heteroatoms. The lowest BCUT2D eigenvalue weighted by Gasteiger charge is -2.19. The number of amidine groups is 1. The summed E-state index contributed by atoms with van der Waals surface area (Å²) in [6.07, 6.45) is 7.43. The molecule has 2 N–H and O–H groups in total. The van der Waals surface area contributed by atoms with Crippen molar-refractivity contribution in [2.45, 2.75) is 45.1 Å². The number of hydrogen-bond donors (Lipinski definition) is 2. The van der Waals surface area contributed by atoms with E-state index in [4.69, 9.17) is 4.74 Å². The minimum absolute atomic E-state index is 0.254. The maximum Gasteiger partial charge on any atom is 0.219 e. The van der Waals surface area contributed by atoms with E-state index in [1.54, 1.807) is 12.3 Å². The summed E-state index contributed by atoms with van der Waals surface area (Å²) in [5.41, 5.74) is 4.70. The molecule has 0 unspecified atom stereocenters. The molecule has 3 aromatic rings. The summed E-state index contributed by atoms with van der Waals surface area (Å²) in [7, 11) is 0.